The first-order valence-electron chi connectivity index (χ1n) is 13.6. The van der Waals surface area contributed by atoms with E-state index in [9.17, 15) is 19.1 Å². The molecule has 0 aliphatic rings. The van der Waals surface area contributed by atoms with Crippen LogP contribution >= 0.6 is 0 Å². The zero-order chi connectivity index (χ0) is 29.1. The Hall–Kier alpha value is -4.57. The van der Waals surface area contributed by atoms with Crippen molar-refractivity contribution in [3.8, 4) is 17.1 Å². The minimum Gasteiger partial charge on any atom is -0.493 e. The molecule has 2 aromatic heterocycles. The lowest BCUT2D eigenvalue weighted by Crippen LogP contribution is -2.39. The zero-order valence-corrected chi connectivity index (χ0v) is 23.2. The number of fused-ring (bicyclic) bond motifs is 2. The molecule has 2 heterocycles. The Balaban J connectivity index is 1.58. The summed E-state index contributed by atoms with van der Waals surface area (Å²) < 4.78 is 21.2. The highest BCUT2D eigenvalue weighted by Crippen LogP contribution is 2.31. The molecule has 0 spiro atoms. The number of carbonyl (C=O) groups excluding carboxylic acids is 1. The van der Waals surface area contributed by atoms with E-state index in [1.54, 1.807) is 53.7 Å². The summed E-state index contributed by atoms with van der Waals surface area (Å²) in [5.74, 6) is 0.221. The van der Waals surface area contributed by atoms with Gasteiger partial charge in [0, 0.05) is 24.7 Å². The number of ether oxygens (including phenoxy) is 1. The Morgan fingerprint density at radius 2 is 1.90 bits per heavy atom. The summed E-state index contributed by atoms with van der Waals surface area (Å²) in [4.78, 5) is 40.4. The van der Waals surface area contributed by atoms with Gasteiger partial charge in [0.05, 0.1) is 47.0 Å². The van der Waals surface area contributed by atoms with E-state index in [0.717, 1.165) is 17.5 Å². The van der Waals surface area contributed by atoms with E-state index in [-0.39, 0.29) is 42.3 Å². The normalized spacial score (nSPS) is 11.5. The van der Waals surface area contributed by atoms with E-state index >= 15 is 0 Å². The molecule has 0 fully saturated rings. The van der Waals surface area contributed by atoms with Crippen molar-refractivity contribution in [1.82, 2.24) is 24.4 Å². The summed E-state index contributed by atoms with van der Waals surface area (Å²) in [6.07, 6.45) is 2.46. The van der Waals surface area contributed by atoms with Gasteiger partial charge in [0.1, 0.15) is 17.4 Å². The number of H-pyrrole nitrogens is 1. The Bertz CT molecular complexity index is 1760. The van der Waals surface area contributed by atoms with Crippen LogP contribution in [0.25, 0.3) is 33.3 Å². The number of aromatic nitrogens is 4. The minimum atomic E-state index is -0.344. The molecule has 5 aromatic rings. The lowest BCUT2D eigenvalue weighted by Gasteiger charge is -2.26. The molecule has 0 atom stereocenters. The highest BCUT2D eigenvalue weighted by molar-refractivity contribution is 5.97. The molecule has 0 bridgehead atoms. The van der Waals surface area contributed by atoms with Gasteiger partial charge in [-0.05, 0) is 68.3 Å². The number of benzene rings is 3. The smallest absolute Gasteiger partial charge is 0.259 e. The van der Waals surface area contributed by atoms with Gasteiger partial charge in [0.15, 0.2) is 0 Å². The quantitative estimate of drug-likeness (QED) is 0.256. The van der Waals surface area contributed by atoms with Crippen LogP contribution in [0.5, 0.6) is 5.75 Å². The van der Waals surface area contributed by atoms with Gasteiger partial charge in [-0.15, -0.1) is 0 Å². The van der Waals surface area contributed by atoms with Crippen LogP contribution in [0.2, 0.25) is 0 Å². The molecular weight excluding hydrogens is 525 g/mol. The topological polar surface area (TPSA) is 113 Å². The number of aliphatic hydroxyl groups is 1. The van der Waals surface area contributed by atoms with Gasteiger partial charge in [-0.2, -0.15) is 0 Å². The summed E-state index contributed by atoms with van der Waals surface area (Å²) in [5, 5.41) is 9.85. The average Bonchev–Trinajstić information content (AvgIpc) is 3.35. The van der Waals surface area contributed by atoms with Gasteiger partial charge in [0.25, 0.3) is 11.5 Å². The summed E-state index contributed by atoms with van der Waals surface area (Å²) in [6.45, 7) is 6.73. The molecule has 0 saturated carbocycles. The molecule has 2 N–H and O–H groups in total. The van der Waals surface area contributed by atoms with Gasteiger partial charge < -0.3 is 24.3 Å². The maximum atomic E-state index is 13.4. The largest absolute Gasteiger partial charge is 0.493 e. The SMILES string of the molecule is CCCOc1ccc(C(=O)N(CCO)C(C)C)cc1-c1nc2cc3ncn(Cc4ccc(F)cc4)c3cc2c(=O)[nH]1. The summed E-state index contributed by atoms with van der Waals surface area (Å²) in [7, 11) is 0. The molecule has 5 rings (SSSR count). The Morgan fingerprint density at radius 3 is 2.61 bits per heavy atom. The second-order valence-electron chi connectivity index (χ2n) is 10.1. The average molecular weight is 558 g/mol. The first kappa shape index (κ1) is 28.0. The number of halogens is 1. The van der Waals surface area contributed by atoms with Crippen molar-refractivity contribution < 1.29 is 19.0 Å². The predicted octanol–water partition coefficient (Wildman–Crippen LogP) is 4.76. The second kappa shape index (κ2) is 11.9. The molecule has 0 aliphatic carbocycles. The Kier molecular flexibility index (Phi) is 8.11. The highest BCUT2D eigenvalue weighted by Gasteiger charge is 2.21. The third-order valence-corrected chi connectivity index (χ3v) is 6.88. The number of rotatable bonds is 10. The van der Waals surface area contributed by atoms with E-state index in [1.165, 1.54) is 12.1 Å². The number of aromatic amines is 1. The minimum absolute atomic E-state index is 0.113. The molecule has 0 radical (unpaired) electrons. The first-order valence-corrected chi connectivity index (χ1v) is 13.6. The van der Waals surface area contributed by atoms with Crippen molar-refractivity contribution in [2.45, 2.75) is 39.8 Å². The second-order valence-corrected chi connectivity index (χ2v) is 10.1. The van der Waals surface area contributed by atoms with E-state index in [1.807, 2.05) is 25.3 Å². The number of hydrogen-bond donors (Lipinski definition) is 2. The molecule has 0 saturated heterocycles. The molecule has 1 amide bonds. The number of nitrogens with one attached hydrogen (secondary N) is 1. The fourth-order valence-electron chi connectivity index (χ4n) is 4.78. The Labute approximate surface area is 236 Å². The van der Waals surface area contributed by atoms with Crippen molar-refractivity contribution in [3.63, 3.8) is 0 Å². The van der Waals surface area contributed by atoms with Crippen molar-refractivity contribution >= 4 is 27.8 Å². The fraction of sp³-hybridized carbons (Fsp3) is 0.290. The van der Waals surface area contributed by atoms with Crippen molar-refractivity contribution in [3.05, 3.63) is 88.2 Å². The predicted molar refractivity (Wildman–Crippen MR) is 156 cm³/mol. The van der Waals surface area contributed by atoms with Gasteiger partial charge in [-0.3, -0.25) is 9.59 Å². The molecule has 0 unspecified atom stereocenters. The van der Waals surface area contributed by atoms with Crippen LogP contribution in [0.4, 0.5) is 4.39 Å². The van der Waals surface area contributed by atoms with Crippen molar-refractivity contribution in [2.75, 3.05) is 19.8 Å². The number of nitrogens with zero attached hydrogens (tertiary/aromatic N) is 4. The molecule has 3 aromatic carbocycles. The van der Waals surface area contributed by atoms with Crippen LogP contribution in [0, 0.1) is 5.82 Å². The van der Waals surface area contributed by atoms with Gasteiger partial charge in [0.2, 0.25) is 0 Å². The molecule has 0 aliphatic heterocycles. The third kappa shape index (κ3) is 5.83. The number of amides is 1. The molecule has 9 nitrogen and oxygen atoms in total. The summed E-state index contributed by atoms with van der Waals surface area (Å²) >= 11 is 0. The van der Waals surface area contributed by atoms with E-state index < -0.39 is 0 Å². The highest BCUT2D eigenvalue weighted by atomic mass is 19.1. The maximum absolute atomic E-state index is 13.4. The fourth-order valence-corrected chi connectivity index (χ4v) is 4.78. The molecular formula is C31H32FN5O4. The van der Waals surface area contributed by atoms with Crippen molar-refractivity contribution in [2.24, 2.45) is 0 Å². The molecule has 41 heavy (non-hydrogen) atoms. The lowest BCUT2D eigenvalue weighted by molar-refractivity contribution is 0.0665. The van der Waals surface area contributed by atoms with Crippen LogP contribution in [0.15, 0.2) is 65.7 Å². The van der Waals surface area contributed by atoms with Crippen molar-refractivity contribution in [1.29, 1.82) is 0 Å². The van der Waals surface area contributed by atoms with E-state index in [2.05, 4.69) is 9.97 Å². The third-order valence-electron chi connectivity index (χ3n) is 6.88. The number of hydrogen-bond acceptors (Lipinski definition) is 6. The van der Waals surface area contributed by atoms with Gasteiger partial charge in [-0.1, -0.05) is 19.1 Å². The number of aliphatic hydroxyl groups excluding tert-OH is 1. The number of imidazole rings is 1. The maximum Gasteiger partial charge on any atom is 0.259 e. The first-order chi connectivity index (χ1) is 19.8. The monoisotopic (exact) mass is 557 g/mol. The molecule has 212 valence electrons. The van der Waals surface area contributed by atoms with Crippen LogP contribution in [-0.4, -0.2) is 61.2 Å². The summed E-state index contributed by atoms with van der Waals surface area (Å²) in [5.41, 5.74) is 3.29. The lowest BCUT2D eigenvalue weighted by atomic mass is 10.1. The standard InChI is InChI=1S/C31H32FN5O4/c1-4-13-41-28-10-7-21(31(40)37(11-12-38)19(2)3)14-24(28)29-34-25-16-26-27(15-23(25)30(39)35-29)36(18-33-26)17-20-5-8-22(32)9-6-20/h5-10,14-16,18-19,38H,4,11-13,17H2,1-3H3,(H,34,35,39). The van der Waals surface area contributed by atoms with Gasteiger partial charge >= 0.3 is 0 Å². The van der Waals surface area contributed by atoms with Gasteiger partial charge in [-0.25, -0.2) is 14.4 Å². The van der Waals surface area contributed by atoms with Crippen LogP contribution in [0.1, 0.15) is 43.1 Å². The summed E-state index contributed by atoms with van der Waals surface area (Å²) in [6, 6.07) is 14.7. The van der Waals surface area contributed by atoms with E-state index in [0.29, 0.717) is 46.4 Å². The van der Waals surface area contributed by atoms with Crippen LogP contribution < -0.4 is 10.3 Å². The number of carbonyl (C=O) groups is 1. The zero-order valence-electron chi connectivity index (χ0n) is 23.2. The van der Waals surface area contributed by atoms with E-state index in [4.69, 9.17) is 9.72 Å². The Morgan fingerprint density at radius 1 is 1.12 bits per heavy atom. The molecule has 10 heteroatoms. The van der Waals surface area contributed by atoms with Crippen LogP contribution in [0.3, 0.4) is 0 Å². The van der Waals surface area contributed by atoms with Crippen LogP contribution in [-0.2, 0) is 6.54 Å².